The van der Waals surface area contributed by atoms with E-state index in [1.165, 1.54) is 11.8 Å². The normalized spacial score (nSPS) is 12.2. The Hall–Kier alpha value is -2.04. The van der Waals surface area contributed by atoms with E-state index >= 15 is 0 Å². The molecule has 1 amide bonds. The topological polar surface area (TPSA) is 50.7 Å². The van der Waals surface area contributed by atoms with Crippen LogP contribution in [0.5, 0.6) is 5.75 Å². The van der Waals surface area contributed by atoms with Gasteiger partial charge in [-0.3, -0.25) is 4.79 Å². The zero-order valence-corrected chi connectivity index (χ0v) is 15.6. The van der Waals surface area contributed by atoms with E-state index in [4.69, 9.17) is 27.9 Å². The minimum Gasteiger partial charge on any atom is -0.484 e. The Morgan fingerprint density at radius 2 is 1.84 bits per heavy atom. The number of amides is 1. The monoisotopic (exact) mass is 378 g/mol. The van der Waals surface area contributed by atoms with Crippen molar-refractivity contribution in [3.63, 3.8) is 0 Å². The maximum Gasteiger partial charge on any atom is 0.277 e. The molecule has 0 radical (unpaired) electrons. The Labute approximate surface area is 157 Å². The Morgan fingerprint density at radius 3 is 2.44 bits per heavy atom. The molecular weight excluding hydrogens is 359 g/mol. The van der Waals surface area contributed by atoms with Gasteiger partial charge in [-0.15, -0.1) is 0 Å². The average molecular weight is 379 g/mol. The number of carbonyl (C=O) groups is 1. The predicted molar refractivity (Wildman–Crippen MR) is 103 cm³/mol. The first kappa shape index (κ1) is 19.3. The molecule has 25 heavy (non-hydrogen) atoms. The van der Waals surface area contributed by atoms with Crippen LogP contribution in [-0.4, -0.2) is 18.7 Å². The van der Waals surface area contributed by atoms with E-state index in [-0.39, 0.29) is 12.5 Å². The standard InChI is InChI=1S/C19H20Cl2N2O2/c1-3-13(2)14-7-9-15(10-8-14)25-12-19(24)23-22-11-16-17(20)5-4-6-18(16)21/h4-11,13H,3,12H2,1-2H3,(H,23,24)/b22-11-/t13-/m1/s1. The number of rotatable bonds is 7. The lowest BCUT2D eigenvalue weighted by molar-refractivity contribution is -0.123. The summed E-state index contributed by atoms with van der Waals surface area (Å²) in [4.78, 5) is 11.8. The van der Waals surface area contributed by atoms with E-state index in [9.17, 15) is 4.79 Å². The number of carbonyl (C=O) groups excluding carboxylic acids is 1. The highest BCUT2D eigenvalue weighted by molar-refractivity contribution is 6.38. The van der Waals surface area contributed by atoms with Crippen molar-refractivity contribution in [2.75, 3.05) is 6.61 Å². The van der Waals surface area contributed by atoms with Crippen LogP contribution in [0.2, 0.25) is 10.0 Å². The first-order valence-electron chi connectivity index (χ1n) is 8.00. The van der Waals surface area contributed by atoms with E-state index in [0.29, 0.717) is 27.3 Å². The fourth-order valence-corrected chi connectivity index (χ4v) is 2.61. The molecule has 2 aromatic rings. The number of hydrazone groups is 1. The maximum absolute atomic E-state index is 11.8. The van der Waals surface area contributed by atoms with Crippen LogP contribution in [-0.2, 0) is 4.79 Å². The smallest absolute Gasteiger partial charge is 0.277 e. The Balaban J connectivity index is 1.83. The molecule has 2 rings (SSSR count). The lowest BCUT2D eigenvalue weighted by atomic mass is 9.99. The third-order valence-corrected chi connectivity index (χ3v) is 4.47. The van der Waals surface area contributed by atoms with Crippen molar-refractivity contribution >= 4 is 35.3 Å². The van der Waals surface area contributed by atoms with Crippen molar-refractivity contribution in [1.82, 2.24) is 5.43 Å². The van der Waals surface area contributed by atoms with E-state index in [1.54, 1.807) is 18.2 Å². The van der Waals surface area contributed by atoms with Gasteiger partial charge in [-0.2, -0.15) is 5.10 Å². The van der Waals surface area contributed by atoms with Gasteiger partial charge in [0.05, 0.1) is 16.3 Å². The van der Waals surface area contributed by atoms with Crippen LogP contribution in [0.3, 0.4) is 0 Å². The number of hydrogen-bond acceptors (Lipinski definition) is 3. The SMILES string of the molecule is CC[C@@H](C)c1ccc(OCC(=O)N/N=C\c2c(Cl)cccc2Cl)cc1. The number of halogens is 2. The van der Waals surface area contributed by atoms with E-state index in [1.807, 2.05) is 24.3 Å². The van der Waals surface area contributed by atoms with Gasteiger partial charge in [0.2, 0.25) is 0 Å². The molecule has 0 aliphatic rings. The molecule has 0 aromatic heterocycles. The summed E-state index contributed by atoms with van der Waals surface area (Å²) in [7, 11) is 0. The molecule has 0 bridgehead atoms. The highest BCUT2D eigenvalue weighted by Gasteiger charge is 2.05. The van der Waals surface area contributed by atoms with Gasteiger partial charge in [-0.1, -0.05) is 55.2 Å². The first-order valence-corrected chi connectivity index (χ1v) is 8.75. The Morgan fingerprint density at radius 1 is 1.20 bits per heavy atom. The van der Waals surface area contributed by atoms with Crippen LogP contribution in [0.1, 0.15) is 37.3 Å². The van der Waals surface area contributed by atoms with Gasteiger partial charge in [-0.25, -0.2) is 5.43 Å². The average Bonchev–Trinajstić information content (AvgIpc) is 2.62. The van der Waals surface area contributed by atoms with E-state index < -0.39 is 0 Å². The third-order valence-electron chi connectivity index (χ3n) is 3.81. The number of nitrogens with one attached hydrogen (secondary N) is 1. The van der Waals surface area contributed by atoms with Crippen LogP contribution in [0.25, 0.3) is 0 Å². The minimum atomic E-state index is -0.370. The lowest BCUT2D eigenvalue weighted by Gasteiger charge is -2.10. The third kappa shape index (κ3) is 5.76. The molecule has 0 unspecified atom stereocenters. The summed E-state index contributed by atoms with van der Waals surface area (Å²) in [5.41, 5.74) is 4.18. The maximum atomic E-state index is 11.8. The van der Waals surface area contributed by atoms with Crippen LogP contribution >= 0.6 is 23.2 Å². The van der Waals surface area contributed by atoms with Gasteiger partial charge in [0, 0.05) is 5.56 Å². The molecule has 0 aliphatic heterocycles. The molecule has 132 valence electrons. The second-order valence-corrected chi connectivity index (χ2v) is 6.41. The molecule has 0 heterocycles. The summed E-state index contributed by atoms with van der Waals surface area (Å²) < 4.78 is 5.45. The van der Waals surface area contributed by atoms with Gasteiger partial charge in [0.15, 0.2) is 6.61 Å². The van der Waals surface area contributed by atoms with Crippen LogP contribution < -0.4 is 10.2 Å². The molecule has 1 atom stereocenters. The molecule has 1 N–H and O–H groups in total. The molecule has 6 heteroatoms. The lowest BCUT2D eigenvalue weighted by Crippen LogP contribution is -2.24. The summed E-state index contributed by atoms with van der Waals surface area (Å²) in [6.45, 7) is 4.19. The van der Waals surface area contributed by atoms with Gasteiger partial charge < -0.3 is 4.74 Å². The quantitative estimate of drug-likeness (QED) is 0.542. The Bertz CT molecular complexity index is 725. The van der Waals surface area contributed by atoms with Crippen molar-refractivity contribution in [3.05, 3.63) is 63.6 Å². The van der Waals surface area contributed by atoms with Gasteiger partial charge in [0.1, 0.15) is 5.75 Å². The molecule has 0 fully saturated rings. The second-order valence-electron chi connectivity index (χ2n) is 5.60. The number of nitrogens with zero attached hydrogens (tertiary/aromatic N) is 1. The first-order chi connectivity index (χ1) is 12.0. The number of benzene rings is 2. The summed E-state index contributed by atoms with van der Waals surface area (Å²) >= 11 is 12.0. The highest BCUT2D eigenvalue weighted by atomic mass is 35.5. The fraction of sp³-hybridized carbons (Fsp3) is 0.263. The zero-order chi connectivity index (χ0) is 18.2. The molecule has 0 saturated carbocycles. The van der Waals surface area contributed by atoms with Gasteiger partial charge >= 0.3 is 0 Å². The predicted octanol–water partition coefficient (Wildman–Crippen LogP) is 5.04. The largest absolute Gasteiger partial charge is 0.484 e. The molecule has 0 aliphatic carbocycles. The van der Waals surface area contributed by atoms with Crippen LogP contribution in [0.4, 0.5) is 0 Å². The summed E-state index contributed by atoms with van der Waals surface area (Å²) in [6, 6.07) is 12.9. The molecule has 0 saturated heterocycles. The van der Waals surface area contributed by atoms with Crippen molar-refractivity contribution < 1.29 is 9.53 Å². The van der Waals surface area contributed by atoms with Crippen molar-refractivity contribution in [2.45, 2.75) is 26.2 Å². The molecule has 0 spiro atoms. The summed E-state index contributed by atoms with van der Waals surface area (Å²) in [6.07, 6.45) is 2.49. The molecule has 2 aromatic carbocycles. The van der Waals surface area contributed by atoms with Gasteiger partial charge in [-0.05, 0) is 42.2 Å². The zero-order valence-electron chi connectivity index (χ0n) is 14.1. The van der Waals surface area contributed by atoms with Crippen LogP contribution in [0, 0.1) is 0 Å². The van der Waals surface area contributed by atoms with E-state index in [2.05, 4.69) is 24.4 Å². The van der Waals surface area contributed by atoms with Crippen molar-refractivity contribution in [1.29, 1.82) is 0 Å². The van der Waals surface area contributed by atoms with Gasteiger partial charge in [0.25, 0.3) is 5.91 Å². The fourth-order valence-electron chi connectivity index (χ4n) is 2.11. The second kappa shape index (κ2) is 9.44. The summed E-state index contributed by atoms with van der Waals surface area (Å²) in [5.74, 6) is 0.772. The molecule has 4 nitrogen and oxygen atoms in total. The number of hydrogen-bond donors (Lipinski definition) is 1. The Kier molecular flexibility index (Phi) is 7.29. The van der Waals surface area contributed by atoms with Crippen LogP contribution in [0.15, 0.2) is 47.6 Å². The molecular formula is C19H20Cl2N2O2. The minimum absolute atomic E-state index is 0.129. The van der Waals surface area contributed by atoms with Crippen molar-refractivity contribution in [2.24, 2.45) is 5.10 Å². The van der Waals surface area contributed by atoms with Crippen molar-refractivity contribution in [3.8, 4) is 5.75 Å². The highest BCUT2D eigenvalue weighted by Crippen LogP contribution is 2.22. The summed E-state index contributed by atoms with van der Waals surface area (Å²) in [5, 5.41) is 4.77. The van der Waals surface area contributed by atoms with E-state index in [0.717, 1.165) is 6.42 Å². The number of ether oxygens (including phenoxy) is 1.